The van der Waals surface area contributed by atoms with Crippen LogP contribution in [0.2, 0.25) is 0 Å². The lowest BCUT2D eigenvalue weighted by atomic mass is 9.85. The van der Waals surface area contributed by atoms with Gasteiger partial charge in [-0.15, -0.1) is 0 Å². The zero-order valence-electron chi connectivity index (χ0n) is 31.2. The molecule has 0 atom stereocenters. The molecule has 0 N–H and O–H groups in total. The van der Waals surface area contributed by atoms with Gasteiger partial charge in [-0.3, -0.25) is 0 Å². The number of unbranched alkanes of at least 4 members (excludes halogenated alkanes) is 4. The van der Waals surface area contributed by atoms with Gasteiger partial charge >= 0.3 is 0 Å². The fourth-order valence-electron chi connectivity index (χ4n) is 6.48. The van der Waals surface area contributed by atoms with E-state index in [4.69, 9.17) is 9.47 Å². The first kappa shape index (κ1) is 36.3. The van der Waals surface area contributed by atoms with Crippen molar-refractivity contribution in [2.24, 2.45) is 14.1 Å². The number of aromatic nitrogens is 2. The zero-order valence-corrected chi connectivity index (χ0v) is 31.2. The summed E-state index contributed by atoms with van der Waals surface area (Å²) in [6.07, 6.45) is 15.2. The van der Waals surface area contributed by atoms with E-state index >= 15 is 0 Å². The van der Waals surface area contributed by atoms with Crippen LogP contribution >= 0.6 is 0 Å². The number of hydrogen-bond acceptors (Lipinski definition) is 2. The Kier molecular flexibility index (Phi) is 12.7. The molecule has 2 heterocycles. The van der Waals surface area contributed by atoms with E-state index in [2.05, 4.69) is 169 Å². The maximum atomic E-state index is 6.14. The van der Waals surface area contributed by atoms with Crippen molar-refractivity contribution in [1.29, 1.82) is 0 Å². The van der Waals surface area contributed by atoms with Crippen molar-refractivity contribution < 1.29 is 18.6 Å². The molecule has 264 valence electrons. The molecule has 0 bridgehead atoms. The van der Waals surface area contributed by atoms with Gasteiger partial charge in [0.05, 0.1) is 13.2 Å². The summed E-state index contributed by atoms with van der Waals surface area (Å²) in [6, 6.07) is 43.9. The standard InChI is InChI=1S/C48H52N2O2/c1-5-7-9-35-51-45-23-19-43(20-24-45)48(44-21-25-46(26-22-44)52-36-10-8-6-2)47(41-15-11-37(12-16-41)39-27-31-49(3)32-28-39)42-17-13-38(14-18-42)40-29-33-50(4)34-30-40/h11-34H,5-10,35-36H2,1-4H3/q+2. The molecule has 4 aromatic carbocycles. The number of hydrogen-bond donors (Lipinski definition) is 0. The maximum Gasteiger partial charge on any atom is 0.169 e. The van der Waals surface area contributed by atoms with Crippen LogP contribution in [0.4, 0.5) is 0 Å². The summed E-state index contributed by atoms with van der Waals surface area (Å²) in [5.74, 6) is 1.80. The molecule has 0 fully saturated rings. The number of rotatable bonds is 16. The molecule has 0 aliphatic rings. The first-order valence-electron chi connectivity index (χ1n) is 18.9. The fraction of sp³-hybridized carbons (Fsp3) is 0.250. The van der Waals surface area contributed by atoms with E-state index in [-0.39, 0.29) is 0 Å². The summed E-state index contributed by atoms with van der Waals surface area (Å²) in [5.41, 5.74) is 11.7. The summed E-state index contributed by atoms with van der Waals surface area (Å²) in [5, 5.41) is 0. The minimum Gasteiger partial charge on any atom is -0.494 e. The summed E-state index contributed by atoms with van der Waals surface area (Å²) in [6.45, 7) is 5.91. The largest absolute Gasteiger partial charge is 0.494 e. The minimum absolute atomic E-state index is 0.735. The summed E-state index contributed by atoms with van der Waals surface area (Å²) < 4.78 is 16.4. The van der Waals surface area contributed by atoms with Crippen LogP contribution in [0.25, 0.3) is 33.4 Å². The van der Waals surface area contributed by atoms with Crippen molar-refractivity contribution in [2.75, 3.05) is 13.2 Å². The summed E-state index contributed by atoms with van der Waals surface area (Å²) in [4.78, 5) is 0. The second-order valence-corrected chi connectivity index (χ2v) is 13.6. The molecule has 4 nitrogen and oxygen atoms in total. The predicted octanol–water partition coefficient (Wildman–Crippen LogP) is 10.8. The SMILES string of the molecule is CCCCCOc1ccc(C(=C(c2ccc(-c3cc[n+](C)cc3)cc2)c2ccc(-c3cc[n+](C)cc3)cc2)c2ccc(OCCCCC)cc2)cc1. The molecule has 0 spiro atoms. The Hall–Kier alpha value is -5.48. The Balaban J connectivity index is 1.47. The van der Waals surface area contributed by atoms with E-state index in [1.54, 1.807) is 0 Å². The second kappa shape index (κ2) is 18.1. The summed E-state index contributed by atoms with van der Waals surface area (Å²) >= 11 is 0. The van der Waals surface area contributed by atoms with Crippen LogP contribution in [-0.4, -0.2) is 13.2 Å². The lowest BCUT2D eigenvalue weighted by Crippen LogP contribution is -2.25. The molecular weight excluding hydrogens is 637 g/mol. The number of nitrogens with zero attached hydrogens (tertiary/aromatic N) is 2. The van der Waals surface area contributed by atoms with Crippen molar-refractivity contribution >= 4 is 11.1 Å². The second-order valence-electron chi connectivity index (χ2n) is 13.6. The average molecular weight is 689 g/mol. The molecule has 2 aromatic heterocycles. The van der Waals surface area contributed by atoms with E-state index in [9.17, 15) is 0 Å². The van der Waals surface area contributed by atoms with E-state index in [0.717, 1.165) is 65.4 Å². The smallest absolute Gasteiger partial charge is 0.169 e. The molecule has 52 heavy (non-hydrogen) atoms. The minimum atomic E-state index is 0.735. The van der Waals surface area contributed by atoms with E-state index < -0.39 is 0 Å². The average Bonchev–Trinajstić information content (AvgIpc) is 3.19. The Morgan fingerprint density at radius 3 is 0.981 bits per heavy atom. The van der Waals surface area contributed by atoms with Crippen LogP contribution in [-0.2, 0) is 14.1 Å². The molecule has 0 saturated carbocycles. The maximum absolute atomic E-state index is 6.14. The van der Waals surface area contributed by atoms with Crippen molar-refractivity contribution in [3.05, 3.63) is 168 Å². The Morgan fingerprint density at radius 1 is 0.385 bits per heavy atom. The van der Waals surface area contributed by atoms with E-state index in [1.165, 1.54) is 53.5 Å². The molecule has 6 aromatic rings. The number of ether oxygens (including phenoxy) is 2. The van der Waals surface area contributed by atoms with Gasteiger partial charge in [0.1, 0.15) is 25.6 Å². The third-order valence-electron chi connectivity index (χ3n) is 9.54. The molecule has 4 heteroatoms. The molecular formula is C48H52N2O2+2. The van der Waals surface area contributed by atoms with Gasteiger partial charge in [-0.25, -0.2) is 9.13 Å². The molecule has 0 radical (unpaired) electrons. The van der Waals surface area contributed by atoms with Crippen molar-refractivity contribution in [2.45, 2.75) is 52.4 Å². The number of benzene rings is 4. The van der Waals surface area contributed by atoms with Gasteiger partial charge in [-0.1, -0.05) is 112 Å². The van der Waals surface area contributed by atoms with Crippen LogP contribution < -0.4 is 18.6 Å². The third kappa shape index (κ3) is 9.44. The first-order valence-corrected chi connectivity index (χ1v) is 18.9. The highest BCUT2D eigenvalue weighted by Gasteiger charge is 2.18. The van der Waals surface area contributed by atoms with Crippen LogP contribution in [0.3, 0.4) is 0 Å². The van der Waals surface area contributed by atoms with Crippen molar-refractivity contribution in [1.82, 2.24) is 0 Å². The molecule has 0 unspecified atom stereocenters. The Bertz CT molecular complexity index is 1860. The molecule has 0 amide bonds. The van der Waals surface area contributed by atoms with E-state index in [0.29, 0.717) is 0 Å². The normalized spacial score (nSPS) is 10.9. The summed E-state index contributed by atoms with van der Waals surface area (Å²) in [7, 11) is 4.09. The van der Waals surface area contributed by atoms with E-state index in [1.807, 2.05) is 14.1 Å². The predicted molar refractivity (Wildman–Crippen MR) is 214 cm³/mol. The van der Waals surface area contributed by atoms with Crippen molar-refractivity contribution in [3.63, 3.8) is 0 Å². The zero-order chi connectivity index (χ0) is 36.1. The molecule has 0 saturated heterocycles. The number of aryl methyl sites for hydroxylation is 2. The van der Waals surface area contributed by atoms with Crippen LogP contribution in [0.5, 0.6) is 11.5 Å². The lowest BCUT2D eigenvalue weighted by Gasteiger charge is -2.19. The monoisotopic (exact) mass is 688 g/mol. The Labute approximate surface area is 310 Å². The van der Waals surface area contributed by atoms with Gasteiger partial charge in [0.2, 0.25) is 0 Å². The van der Waals surface area contributed by atoms with Gasteiger partial charge in [-0.2, -0.15) is 0 Å². The molecule has 0 aliphatic heterocycles. The van der Waals surface area contributed by atoms with Crippen molar-refractivity contribution in [3.8, 4) is 33.8 Å². The van der Waals surface area contributed by atoms with Gasteiger partial charge in [0.15, 0.2) is 24.8 Å². The lowest BCUT2D eigenvalue weighted by molar-refractivity contribution is -0.671. The highest BCUT2D eigenvalue weighted by atomic mass is 16.5. The highest BCUT2D eigenvalue weighted by molar-refractivity contribution is 6.05. The number of pyridine rings is 2. The Morgan fingerprint density at radius 2 is 0.673 bits per heavy atom. The van der Waals surface area contributed by atoms with Gasteiger partial charge in [-0.05, 0) is 92.8 Å². The van der Waals surface area contributed by atoms with Gasteiger partial charge < -0.3 is 9.47 Å². The van der Waals surface area contributed by atoms with Gasteiger partial charge in [0, 0.05) is 24.3 Å². The highest BCUT2D eigenvalue weighted by Crippen LogP contribution is 2.39. The van der Waals surface area contributed by atoms with Crippen LogP contribution in [0.1, 0.15) is 74.6 Å². The molecule has 6 rings (SSSR count). The van der Waals surface area contributed by atoms with Gasteiger partial charge in [0.25, 0.3) is 0 Å². The fourth-order valence-corrected chi connectivity index (χ4v) is 6.48. The topological polar surface area (TPSA) is 26.2 Å². The third-order valence-corrected chi connectivity index (χ3v) is 9.54. The van der Waals surface area contributed by atoms with Crippen LogP contribution in [0, 0.1) is 0 Å². The first-order chi connectivity index (χ1) is 25.5. The quantitative estimate of drug-likeness (QED) is 0.0575. The molecule has 0 aliphatic carbocycles. The van der Waals surface area contributed by atoms with Crippen LogP contribution in [0.15, 0.2) is 146 Å².